The molecule has 4 heteroatoms. The Morgan fingerprint density at radius 1 is 1.06 bits per heavy atom. The molecule has 0 heterocycles. The second-order valence-electron chi connectivity index (χ2n) is 5.42. The lowest BCUT2D eigenvalue weighted by molar-refractivity contribution is -0.162. The van der Waals surface area contributed by atoms with Crippen molar-refractivity contribution in [3.63, 3.8) is 0 Å². The summed E-state index contributed by atoms with van der Waals surface area (Å²) in [6.07, 6.45) is 2.43. The van der Waals surface area contributed by atoms with Crippen LogP contribution in [0.1, 0.15) is 46.5 Å². The van der Waals surface area contributed by atoms with Gasteiger partial charge >= 0.3 is 11.9 Å². The zero-order chi connectivity index (χ0) is 12.3. The Morgan fingerprint density at radius 3 is 1.88 bits per heavy atom. The van der Waals surface area contributed by atoms with E-state index < -0.39 is 11.6 Å². The minimum absolute atomic E-state index is 0.116. The normalized spacial score (nSPS) is 26.2. The van der Waals surface area contributed by atoms with Crippen LogP contribution in [0.15, 0.2) is 0 Å². The molecule has 0 bridgehead atoms. The summed E-state index contributed by atoms with van der Waals surface area (Å²) < 4.78 is 5.29. The van der Waals surface area contributed by atoms with Crippen LogP contribution >= 0.6 is 0 Å². The highest BCUT2D eigenvalue weighted by molar-refractivity contribution is 5.74. The van der Waals surface area contributed by atoms with Crippen LogP contribution in [0.4, 0.5) is 0 Å². The molecule has 1 fully saturated rings. The molecule has 4 nitrogen and oxygen atoms in total. The van der Waals surface area contributed by atoms with E-state index in [-0.39, 0.29) is 17.8 Å². The largest absolute Gasteiger partial charge is 0.481 e. The highest BCUT2D eigenvalue weighted by atomic mass is 16.6. The number of carboxylic acid groups (broad SMARTS) is 1. The average Bonchev–Trinajstić information content (AvgIpc) is 2.15. The van der Waals surface area contributed by atoms with Gasteiger partial charge in [-0.15, -0.1) is 0 Å². The first-order chi connectivity index (χ1) is 7.29. The molecule has 0 aromatic carbocycles. The Balaban J connectivity index is 2.42. The van der Waals surface area contributed by atoms with Gasteiger partial charge in [-0.05, 0) is 46.5 Å². The Labute approximate surface area is 96.0 Å². The first-order valence-electron chi connectivity index (χ1n) is 5.75. The number of aliphatic carboxylic acids is 1. The molecular formula is C12H20O4. The van der Waals surface area contributed by atoms with Crippen LogP contribution in [0.25, 0.3) is 0 Å². The molecule has 0 aliphatic heterocycles. The van der Waals surface area contributed by atoms with Gasteiger partial charge in [-0.1, -0.05) is 0 Å². The molecule has 0 spiro atoms. The SMILES string of the molecule is CC(C)(C)OC(=O)[C@H]1CC[C@H](C(=O)O)CC1. The lowest BCUT2D eigenvalue weighted by Gasteiger charge is -2.28. The van der Waals surface area contributed by atoms with Crippen LogP contribution in [-0.2, 0) is 14.3 Å². The summed E-state index contributed by atoms with van der Waals surface area (Å²) in [5.74, 6) is -1.33. The van der Waals surface area contributed by atoms with Gasteiger partial charge in [0, 0.05) is 0 Å². The number of esters is 1. The molecule has 1 saturated carbocycles. The van der Waals surface area contributed by atoms with Crippen LogP contribution in [0.2, 0.25) is 0 Å². The third-order valence-electron chi connectivity index (χ3n) is 2.82. The zero-order valence-corrected chi connectivity index (χ0v) is 10.2. The lowest BCUT2D eigenvalue weighted by atomic mass is 9.82. The van der Waals surface area contributed by atoms with Gasteiger partial charge in [0.15, 0.2) is 0 Å². The molecule has 92 valence electrons. The number of ether oxygens (including phenoxy) is 1. The van der Waals surface area contributed by atoms with Gasteiger partial charge in [-0.2, -0.15) is 0 Å². The number of rotatable bonds is 2. The van der Waals surface area contributed by atoms with Gasteiger partial charge in [-0.25, -0.2) is 0 Å². The van der Waals surface area contributed by atoms with E-state index in [0.29, 0.717) is 25.7 Å². The molecule has 0 atom stereocenters. The third kappa shape index (κ3) is 3.83. The summed E-state index contributed by atoms with van der Waals surface area (Å²) in [7, 11) is 0. The van der Waals surface area contributed by atoms with Crippen LogP contribution < -0.4 is 0 Å². The second kappa shape index (κ2) is 4.85. The van der Waals surface area contributed by atoms with Crippen molar-refractivity contribution in [2.75, 3.05) is 0 Å². The predicted molar refractivity (Wildman–Crippen MR) is 58.9 cm³/mol. The molecule has 1 aliphatic rings. The highest BCUT2D eigenvalue weighted by Crippen LogP contribution is 2.30. The monoisotopic (exact) mass is 228 g/mol. The van der Waals surface area contributed by atoms with Crippen molar-refractivity contribution in [3.05, 3.63) is 0 Å². The van der Waals surface area contributed by atoms with Crippen molar-refractivity contribution < 1.29 is 19.4 Å². The maximum atomic E-state index is 11.7. The van der Waals surface area contributed by atoms with Gasteiger partial charge in [0.25, 0.3) is 0 Å². The minimum atomic E-state index is -0.748. The first-order valence-corrected chi connectivity index (χ1v) is 5.75. The summed E-state index contributed by atoms with van der Waals surface area (Å²) in [6.45, 7) is 5.52. The molecule has 0 aromatic heterocycles. The van der Waals surface area contributed by atoms with E-state index in [9.17, 15) is 9.59 Å². The van der Waals surface area contributed by atoms with Gasteiger partial charge < -0.3 is 9.84 Å². The predicted octanol–water partition coefficient (Wildman–Crippen LogP) is 2.22. The Kier molecular flexibility index (Phi) is 3.94. The Bertz CT molecular complexity index is 269. The van der Waals surface area contributed by atoms with Gasteiger partial charge in [0.05, 0.1) is 11.8 Å². The molecule has 0 radical (unpaired) electrons. The van der Waals surface area contributed by atoms with Crippen molar-refractivity contribution in [1.82, 2.24) is 0 Å². The molecule has 0 amide bonds. The zero-order valence-electron chi connectivity index (χ0n) is 10.2. The summed E-state index contributed by atoms with van der Waals surface area (Å²) in [6, 6.07) is 0. The summed E-state index contributed by atoms with van der Waals surface area (Å²) in [4.78, 5) is 22.5. The molecule has 0 aromatic rings. The summed E-state index contributed by atoms with van der Waals surface area (Å²) in [5, 5.41) is 8.83. The number of hydrogen-bond acceptors (Lipinski definition) is 3. The topological polar surface area (TPSA) is 63.6 Å². The fourth-order valence-electron chi connectivity index (χ4n) is 1.96. The Hall–Kier alpha value is -1.06. The second-order valence-corrected chi connectivity index (χ2v) is 5.42. The van der Waals surface area contributed by atoms with Gasteiger partial charge in [-0.3, -0.25) is 9.59 Å². The van der Waals surface area contributed by atoms with E-state index in [1.54, 1.807) is 0 Å². The van der Waals surface area contributed by atoms with Crippen LogP contribution in [0.3, 0.4) is 0 Å². The molecular weight excluding hydrogens is 208 g/mol. The molecule has 0 saturated heterocycles. The molecule has 1 N–H and O–H groups in total. The van der Waals surface area contributed by atoms with Crippen LogP contribution in [0.5, 0.6) is 0 Å². The first kappa shape index (κ1) is 13.0. The minimum Gasteiger partial charge on any atom is -0.481 e. The molecule has 1 rings (SSSR count). The van der Waals surface area contributed by atoms with Crippen LogP contribution in [0, 0.1) is 11.8 Å². The standard InChI is InChI=1S/C12H20O4/c1-12(2,3)16-11(15)9-6-4-8(5-7-9)10(13)14/h8-9H,4-7H2,1-3H3,(H,13,14)/t8-,9-. The maximum absolute atomic E-state index is 11.7. The van der Waals surface area contributed by atoms with E-state index in [2.05, 4.69) is 0 Å². The van der Waals surface area contributed by atoms with Crippen molar-refractivity contribution in [3.8, 4) is 0 Å². The van der Waals surface area contributed by atoms with Crippen molar-refractivity contribution in [2.24, 2.45) is 11.8 Å². The number of carbonyl (C=O) groups is 2. The van der Waals surface area contributed by atoms with Crippen molar-refractivity contribution in [2.45, 2.75) is 52.1 Å². The summed E-state index contributed by atoms with van der Waals surface area (Å²) >= 11 is 0. The fraction of sp³-hybridized carbons (Fsp3) is 0.833. The maximum Gasteiger partial charge on any atom is 0.309 e. The lowest BCUT2D eigenvalue weighted by Crippen LogP contribution is -2.32. The summed E-state index contributed by atoms with van der Waals surface area (Å²) in [5.41, 5.74) is -0.458. The molecule has 1 aliphatic carbocycles. The smallest absolute Gasteiger partial charge is 0.309 e. The molecule has 0 unspecified atom stereocenters. The van der Waals surface area contributed by atoms with E-state index in [1.165, 1.54) is 0 Å². The number of hydrogen-bond donors (Lipinski definition) is 1. The van der Waals surface area contributed by atoms with E-state index >= 15 is 0 Å². The number of carbonyl (C=O) groups excluding carboxylic acids is 1. The van der Waals surface area contributed by atoms with Gasteiger partial charge in [0.1, 0.15) is 5.60 Å². The highest BCUT2D eigenvalue weighted by Gasteiger charge is 2.32. The third-order valence-corrected chi connectivity index (χ3v) is 2.82. The Morgan fingerprint density at radius 2 is 1.50 bits per heavy atom. The molecule has 16 heavy (non-hydrogen) atoms. The van der Waals surface area contributed by atoms with Gasteiger partial charge in [0.2, 0.25) is 0 Å². The van der Waals surface area contributed by atoms with E-state index in [1.807, 2.05) is 20.8 Å². The van der Waals surface area contributed by atoms with E-state index in [0.717, 1.165) is 0 Å². The average molecular weight is 228 g/mol. The van der Waals surface area contributed by atoms with Crippen molar-refractivity contribution in [1.29, 1.82) is 0 Å². The quantitative estimate of drug-likeness (QED) is 0.736. The van der Waals surface area contributed by atoms with E-state index in [4.69, 9.17) is 9.84 Å². The van der Waals surface area contributed by atoms with Crippen molar-refractivity contribution >= 4 is 11.9 Å². The fourth-order valence-corrected chi connectivity index (χ4v) is 1.96. The van der Waals surface area contributed by atoms with Crippen LogP contribution in [-0.4, -0.2) is 22.6 Å². The number of carboxylic acids is 1.